The number of ether oxygens (including phenoxy) is 1. The number of hydrogen-bond acceptors (Lipinski definition) is 6. The van der Waals surface area contributed by atoms with E-state index in [1.54, 1.807) is 7.11 Å². The summed E-state index contributed by atoms with van der Waals surface area (Å²) >= 11 is 0. The largest absolute Gasteiger partial charge is 0.497 e. The van der Waals surface area contributed by atoms with Crippen molar-refractivity contribution in [2.45, 2.75) is 32.9 Å². The highest BCUT2D eigenvalue weighted by Crippen LogP contribution is 2.24. The minimum Gasteiger partial charge on any atom is -0.497 e. The Labute approximate surface area is 142 Å². The van der Waals surface area contributed by atoms with Crippen LogP contribution in [0.4, 0.5) is 0 Å². The lowest BCUT2D eigenvalue weighted by Gasteiger charge is -2.21. The lowest BCUT2D eigenvalue weighted by Crippen LogP contribution is -2.39. The SMILES string of the molecule is COc1ccc(-c2nnc([C@H](C)N(C)CC(=O)NC(C)C)o2)cc1. The molecule has 1 aromatic heterocycles. The van der Waals surface area contributed by atoms with Gasteiger partial charge in [-0.1, -0.05) is 0 Å². The van der Waals surface area contributed by atoms with Crippen molar-refractivity contribution in [1.29, 1.82) is 0 Å². The molecule has 2 rings (SSSR count). The molecule has 24 heavy (non-hydrogen) atoms. The first-order valence-electron chi connectivity index (χ1n) is 7.88. The molecular formula is C17H24N4O3. The van der Waals surface area contributed by atoms with Gasteiger partial charge in [-0.25, -0.2) is 0 Å². The van der Waals surface area contributed by atoms with Crippen LogP contribution >= 0.6 is 0 Å². The molecule has 0 fully saturated rings. The second-order valence-electron chi connectivity index (χ2n) is 5.99. The number of carbonyl (C=O) groups is 1. The maximum Gasteiger partial charge on any atom is 0.247 e. The van der Waals surface area contributed by atoms with Crippen LogP contribution in [-0.2, 0) is 4.79 Å². The normalized spacial score (nSPS) is 12.5. The zero-order valence-electron chi connectivity index (χ0n) is 14.7. The maximum atomic E-state index is 11.9. The van der Waals surface area contributed by atoms with Crippen LogP contribution in [0.25, 0.3) is 11.5 Å². The number of nitrogens with zero attached hydrogens (tertiary/aromatic N) is 3. The van der Waals surface area contributed by atoms with Crippen LogP contribution in [0.2, 0.25) is 0 Å². The van der Waals surface area contributed by atoms with E-state index in [1.807, 2.05) is 57.0 Å². The number of benzene rings is 1. The summed E-state index contributed by atoms with van der Waals surface area (Å²) in [6.45, 7) is 6.05. The van der Waals surface area contributed by atoms with Crippen LogP contribution < -0.4 is 10.1 Å². The minimum absolute atomic E-state index is 0.0331. The number of amides is 1. The van der Waals surface area contributed by atoms with Crippen LogP contribution in [0.15, 0.2) is 28.7 Å². The van der Waals surface area contributed by atoms with Crippen molar-refractivity contribution in [2.75, 3.05) is 20.7 Å². The summed E-state index contributed by atoms with van der Waals surface area (Å²) < 4.78 is 10.9. The van der Waals surface area contributed by atoms with Gasteiger partial charge in [0.25, 0.3) is 0 Å². The van der Waals surface area contributed by atoms with Gasteiger partial charge in [0.05, 0.1) is 19.7 Å². The fourth-order valence-corrected chi connectivity index (χ4v) is 2.17. The van der Waals surface area contributed by atoms with E-state index >= 15 is 0 Å². The molecule has 0 aliphatic rings. The number of nitrogens with one attached hydrogen (secondary N) is 1. The molecule has 0 saturated carbocycles. The second-order valence-corrected chi connectivity index (χ2v) is 5.99. The van der Waals surface area contributed by atoms with Gasteiger partial charge in [-0.3, -0.25) is 9.69 Å². The fourth-order valence-electron chi connectivity index (χ4n) is 2.17. The summed E-state index contributed by atoms with van der Waals surface area (Å²) in [4.78, 5) is 13.7. The molecule has 1 amide bonds. The summed E-state index contributed by atoms with van der Waals surface area (Å²) in [6.07, 6.45) is 0. The lowest BCUT2D eigenvalue weighted by molar-refractivity contribution is -0.122. The van der Waals surface area contributed by atoms with Crippen LogP contribution in [0, 0.1) is 0 Å². The lowest BCUT2D eigenvalue weighted by atomic mass is 10.2. The first kappa shape index (κ1) is 17.9. The molecule has 130 valence electrons. The Hall–Kier alpha value is -2.41. The molecule has 0 unspecified atom stereocenters. The highest BCUT2D eigenvalue weighted by Gasteiger charge is 2.21. The predicted octanol–water partition coefficient (Wildman–Crippen LogP) is 2.26. The summed E-state index contributed by atoms with van der Waals surface area (Å²) in [7, 11) is 3.47. The molecule has 0 aliphatic heterocycles. The van der Waals surface area contributed by atoms with E-state index in [0.717, 1.165) is 11.3 Å². The van der Waals surface area contributed by atoms with Crippen molar-refractivity contribution in [3.63, 3.8) is 0 Å². The molecule has 0 bridgehead atoms. The molecule has 1 atom stereocenters. The fraction of sp³-hybridized carbons (Fsp3) is 0.471. The van der Waals surface area contributed by atoms with Crippen molar-refractivity contribution >= 4 is 5.91 Å². The third-order valence-corrected chi connectivity index (χ3v) is 3.64. The Morgan fingerprint density at radius 3 is 2.50 bits per heavy atom. The average Bonchev–Trinajstić information content (AvgIpc) is 3.03. The van der Waals surface area contributed by atoms with Crippen molar-refractivity contribution in [2.24, 2.45) is 0 Å². The Bertz CT molecular complexity index is 667. The molecule has 1 N–H and O–H groups in total. The zero-order chi connectivity index (χ0) is 17.7. The Kier molecular flexibility index (Phi) is 5.92. The number of hydrogen-bond donors (Lipinski definition) is 1. The van der Waals surface area contributed by atoms with E-state index in [1.165, 1.54) is 0 Å². The predicted molar refractivity (Wildman–Crippen MR) is 90.6 cm³/mol. The van der Waals surface area contributed by atoms with Crippen LogP contribution in [0.1, 0.15) is 32.7 Å². The van der Waals surface area contributed by atoms with Crippen LogP contribution in [0.5, 0.6) is 5.75 Å². The van der Waals surface area contributed by atoms with Gasteiger partial charge in [0, 0.05) is 11.6 Å². The van der Waals surface area contributed by atoms with Gasteiger partial charge in [-0.2, -0.15) is 0 Å². The van der Waals surface area contributed by atoms with Crippen molar-refractivity contribution in [3.8, 4) is 17.2 Å². The monoisotopic (exact) mass is 332 g/mol. The van der Waals surface area contributed by atoms with Gasteiger partial charge in [0.1, 0.15) is 5.75 Å². The van der Waals surface area contributed by atoms with Crippen molar-refractivity contribution in [1.82, 2.24) is 20.4 Å². The highest BCUT2D eigenvalue weighted by molar-refractivity contribution is 5.78. The first-order valence-corrected chi connectivity index (χ1v) is 7.88. The van der Waals surface area contributed by atoms with Gasteiger partial charge in [-0.05, 0) is 52.1 Å². The standard InChI is InChI=1S/C17H24N4O3/c1-11(2)18-15(22)10-21(4)12(3)16-19-20-17(24-16)13-6-8-14(23-5)9-7-13/h6-9,11-12H,10H2,1-5H3,(H,18,22)/t12-/m0/s1. The Balaban J connectivity index is 2.04. The number of likely N-dealkylation sites (N-methyl/N-ethyl adjacent to an activating group) is 1. The average molecular weight is 332 g/mol. The number of aromatic nitrogens is 2. The summed E-state index contributed by atoms with van der Waals surface area (Å²) in [6, 6.07) is 7.35. The van der Waals surface area contributed by atoms with Gasteiger partial charge in [-0.15, -0.1) is 10.2 Å². The summed E-state index contributed by atoms with van der Waals surface area (Å²) in [5.41, 5.74) is 0.821. The molecular weight excluding hydrogens is 308 g/mol. The van der Waals surface area contributed by atoms with Gasteiger partial charge in [0.2, 0.25) is 17.7 Å². The van der Waals surface area contributed by atoms with E-state index in [-0.39, 0.29) is 24.5 Å². The van der Waals surface area contributed by atoms with Crippen molar-refractivity contribution in [3.05, 3.63) is 30.2 Å². The summed E-state index contributed by atoms with van der Waals surface area (Å²) in [5.74, 6) is 1.65. The molecule has 1 heterocycles. The third kappa shape index (κ3) is 4.55. The molecule has 7 heteroatoms. The maximum absolute atomic E-state index is 11.9. The second kappa shape index (κ2) is 7.92. The Morgan fingerprint density at radius 1 is 1.25 bits per heavy atom. The number of rotatable bonds is 7. The van der Waals surface area contributed by atoms with E-state index in [4.69, 9.17) is 9.15 Å². The van der Waals surface area contributed by atoms with E-state index < -0.39 is 0 Å². The molecule has 7 nitrogen and oxygen atoms in total. The topological polar surface area (TPSA) is 80.5 Å². The number of methoxy groups -OCH3 is 1. The molecule has 0 spiro atoms. The smallest absolute Gasteiger partial charge is 0.247 e. The van der Waals surface area contributed by atoms with Crippen molar-refractivity contribution < 1.29 is 13.9 Å². The molecule has 2 aromatic rings. The van der Waals surface area contributed by atoms with Crippen LogP contribution in [-0.4, -0.2) is 47.7 Å². The third-order valence-electron chi connectivity index (χ3n) is 3.64. The van der Waals surface area contributed by atoms with Gasteiger partial charge in [0.15, 0.2) is 0 Å². The first-order chi connectivity index (χ1) is 11.4. The molecule has 0 radical (unpaired) electrons. The van der Waals surface area contributed by atoms with E-state index in [9.17, 15) is 4.79 Å². The molecule has 0 saturated heterocycles. The number of carbonyl (C=O) groups excluding carboxylic acids is 1. The van der Waals surface area contributed by atoms with E-state index in [0.29, 0.717) is 11.8 Å². The zero-order valence-corrected chi connectivity index (χ0v) is 14.7. The minimum atomic E-state index is -0.164. The molecule has 1 aromatic carbocycles. The van der Waals surface area contributed by atoms with E-state index in [2.05, 4.69) is 15.5 Å². The van der Waals surface area contributed by atoms with Gasteiger partial charge < -0.3 is 14.5 Å². The van der Waals surface area contributed by atoms with Crippen LogP contribution in [0.3, 0.4) is 0 Å². The highest BCUT2D eigenvalue weighted by atomic mass is 16.5. The molecule has 0 aliphatic carbocycles. The van der Waals surface area contributed by atoms with Gasteiger partial charge >= 0.3 is 0 Å². The Morgan fingerprint density at radius 2 is 1.92 bits per heavy atom. The quantitative estimate of drug-likeness (QED) is 0.838. The summed E-state index contributed by atoms with van der Waals surface area (Å²) in [5, 5.41) is 11.1.